The van der Waals surface area contributed by atoms with Crippen molar-refractivity contribution >= 4 is 11.9 Å². The second-order valence-corrected chi connectivity index (χ2v) is 7.65. The van der Waals surface area contributed by atoms with E-state index in [4.69, 9.17) is 9.47 Å². The Balaban J connectivity index is 1.69. The molecule has 0 bridgehead atoms. The summed E-state index contributed by atoms with van der Waals surface area (Å²) >= 11 is 0. The largest absolute Gasteiger partial charge is 0.442 e. The molecular weight excluding hydrogens is 402 g/mol. The van der Waals surface area contributed by atoms with E-state index in [9.17, 15) is 9.59 Å². The number of benzene rings is 3. The highest BCUT2D eigenvalue weighted by Crippen LogP contribution is 2.40. The van der Waals surface area contributed by atoms with Gasteiger partial charge in [0.2, 0.25) is 0 Å². The van der Waals surface area contributed by atoms with E-state index >= 15 is 0 Å². The highest BCUT2D eigenvalue weighted by atomic mass is 16.6. The number of carbonyl (C=O) groups is 2. The summed E-state index contributed by atoms with van der Waals surface area (Å²) in [4.78, 5) is 25.3. The van der Waals surface area contributed by atoms with E-state index in [1.165, 1.54) is 11.0 Å². The number of cyclic esters (lactones) is 1. The highest BCUT2D eigenvalue weighted by molar-refractivity contribution is 5.92. The van der Waals surface area contributed by atoms with E-state index in [-0.39, 0.29) is 25.5 Å². The summed E-state index contributed by atoms with van der Waals surface area (Å²) in [5, 5.41) is 0. The molecule has 0 aliphatic carbocycles. The van der Waals surface area contributed by atoms with Crippen LogP contribution in [0.15, 0.2) is 104 Å². The van der Waals surface area contributed by atoms with E-state index in [0.717, 1.165) is 16.7 Å². The first-order chi connectivity index (χ1) is 15.6. The highest BCUT2D eigenvalue weighted by Gasteiger charge is 2.40. The third-order valence-corrected chi connectivity index (χ3v) is 5.55. The summed E-state index contributed by atoms with van der Waals surface area (Å²) in [5.74, 6) is -0.226. The summed E-state index contributed by atoms with van der Waals surface area (Å²) in [7, 11) is 0. The van der Waals surface area contributed by atoms with E-state index in [0.29, 0.717) is 0 Å². The maximum atomic E-state index is 12.2. The molecule has 4 rings (SSSR count). The van der Waals surface area contributed by atoms with Gasteiger partial charge in [-0.2, -0.15) is 0 Å². The van der Waals surface area contributed by atoms with E-state index in [2.05, 4.69) is 6.58 Å². The van der Waals surface area contributed by atoms with Crippen LogP contribution in [0.1, 0.15) is 16.7 Å². The zero-order valence-corrected chi connectivity index (χ0v) is 17.7. The zero-order valence-electron chi connectivity index (χ0n) is 17.7. The first-order valence-corrected chi connectivity index (χ1v) is 10.5. The first-order valence-electron chi connectivity index (χ1n) is 10.5. The molecule has 3 aromatic rings. The Morgan fingerprint density at radius 1 is 0.938 bits per heavy atom. The lowest BCUT2D eigenvalue weighted by Gasteiger charge is -2.36. The molecular formula is C27H25NO4. The molecule has 1 heterocycles. The average molecular weight is 428 g/mol. The number of rotatable bonds is 9. The molecule has 32 heavy (non-hydrogen) atoms. The van der Waals surface area contributed by atoms with Crippen molar-refractivity contribution in [3.8, 4) is 0 Å². The van der Waals surface area contributed by atoms with Crippen LogP contribution in [0.2, 0.25) is 0 Å². The lowest BCUT2D eigenvalue weighted by Crippen LogP contribution is -2.37. The van der Waals surface area contributed by atoms with Crippen LogP contribution < -0.4 is 0 Å². The number of hydrogen-bond donors (Lipinski definition) is 0. The van der Waals surface area contributed by atoms with E-state index < -0.39 is 17.8 Å². The van der Waals surface area contributed by atoms with Crippen molar-refractivity contribution < 1.29 is 19.1 Å². The molecule has 1 aliphatic heterocycles. The fourth-order valence-corrected chi connectivity index (χ4v) is 4.03. The van der Waals surface area contributed by atoms with Crippen molar-refractivity contribution in [1.29, 1.82) is 0 Å². The molecule has 0 spiro atoms. The van der Waals surface area contributed by atoms with Gasteiger partial charge in [0.1, 0.15) is 11.7 Å². The molecule has 0 unspecified atom stereocenters. The van der Waals surface area contributed by atoms with Gasteiger partial charge in [-0.15, -0.1) is 0 Å². The molecule has 1 fully saturated rings. The van der Waals surface area contributed by atoms with Gasteiger partial charge >= 0.3 is 6.09 Å². The third kappa shape index (κ3) is 4.34. The van der Waals surface area contributed by atoms with Crippen LogP contribution in [0.3, 0.4) is 0 Å². The van der Waals surface area contributed by atoms with Crippen LogP contribution in [-0.4, -0.2) is 42.6 Å². The molecule has 3 aromatic carbocycles. The topological polar surface area (TPSA) is 55.8 Å². The van der Waals surface area contributed by atoms with Crippen LogP contribution >= 0.6 is 0 Å². The van der Waals surface area contributed by atoms with Crippen molar-refractivity contribution in [1.82, 2.24) is 4.90 Å². The molecule has 1 amide bonds. The smallest absolute Gasteiger partial charge is 0.410 e. The third-order valence-electron chi connectivity index (χ3n) is 5.55. The van der Waals surface area contributed by atoms with Crippen molar-refractivity contribution in [2.24, 2.45) is 0 Å². The fourth-order valence-electron chi connectivity index (χ4n) is 4.03. The zero-order chi connectivity index (χ0) is 22.4. The minimum atomic E-state index is -0.888. The molecule has 0 radical (unpaired) electrons. The fraction of sp³-hybridized carbons (Fsp3) is 0.185. The number of ether oxygens (including phenoxy) is 2. The van der Waals surface area contributed by atoms with Gasteiger partial charge in [0, 0.05) is 0 Å². The maximum Gasteiger partial charge on any atom is 0.410 e. The molecule has 162 valence electrons. The minimum absolute atomic E-state index is 0.0416. The number of nitrogens with zero attached hydrogens (tertiary/aromatic N) is 1. The molecule has 0 N–H and O–H groups in total. The van der Waals surface area contributed by atoms with Gasteiger partial charge in [0.15, 0.2) is 5.78 Å². The summed E-state index contributed by atoms with van der Waals surface area (Å²) in [6.45, 7) is 3.88. The van der Waals surface area contributed by atoms with E-state index in [1.807, 2.05) is 91.0 Å². The van der Waals surface area contributed by atoms with Gasteiger partial charge in [-0.05, 0) is 22.8 Å². The van der Waals surface area contributed by atoms with Crippen LogP contribution in [0.25, 0.3) is 0 Å². The molecule has 0 saturated carbocycles. The van der Waals surface area contributed by atoms with Gasteiger partial charge in [-0.3, -0.25) is 9.69 Å². The summed E-state index contributed by atoms with van der Waals surface area (Å²) in [5.41, 5.74) is 2.03. The molecule has 0 aromatic heterocycles. The Kier molecular flexibility index (Phi) is 6.47. The number of amides is 1. The van der Waals surface area contributed by atoms with Crippen LogP contribution in [0, 0.1) is 0 Å². The van der Waals surface area contributed by atoms with Crippen LogP contribution in [-0.2, 0) is 19.9 Å². The lowest BCUT2D eigenvalue weighted by molar-refractivity contribution is -0.115. The number of ketones is 1. The maximum absolute atomic E-state index is 12.2. The molecule has 1 atom stereocenters. The summed E-state index contributed by atoms with van der Waals surface area (Å²) in [6.07, 6.45) is 0.205. The van der Waals surface area contributed by atoms with E-state index in [1.54, 1.807) is 0 Å². The van der Waals surface area contributed by atoms with Gasteiger partial charge in [-0.25, -0.2) is 4.79 Å². The molecule has 5 nitrogen and oxygen atoms in total. The standard InChI is InChI=1S/C27H25NO4/c1-2-24(29)18-28-19-25(32-26(28)30)20-31-27(21-12-6-3-7-13-21,22-14-8-4-9-15-22)23-16-10-5-11-17-23/h2-17,25H,1,18-20H2/t25-/m0/s1. The number of hydrogen-bond acceptors (Lipinski definition) is 4. The van der Waals surface area contributed by atoms with Crippen LogP contribution in [0.4, 0.5) is 4.79 Å². The summed E-state index contributed by atoms with van der Waals surface area (Å²) < 4.78 is 12.2. The molecule has 5 heteroatoms. The Bertz CT molecular complexity index is 970. The Hall–Kier alpha value is -3.70. The number of carbonyl (C=O) groups excluding carboxylic acids is 2. The van der Waals surface area contributed by atoms with Gasteiger partial charge in [0.25, 0.3) is 0 Å². The normalized spacial score (nSPS) is 15.9. The second kappa shape index (κ2) is 9.62. The van der Waals surface area contributed by atoms with Crippen LogP contribution in [0.5, 0.6) is 0 Å². The molecule has 1 saturated heterocycles. The minimum Gasteiger partial charge on any atom is -0.442 e. The van der Waals surface area contributed by atoms with Gasteiger partial charge < -0.3 is 9.47 Å². The predicted molar refractivity (Wildman–Crippen MR) is 122 cm³/mol. The van der Waals surface area contributed by atoms with Gasteiger partial charge in [0.05, 0.1) is 19.7 Å². The van der Waals surface area contributed by atoms with Crippen molar-refractivity contribution in [2.45, 2.75) is 11.7 Å². The van der Waals surface area contributed by atoms with Crippen molar-refractivity contribution in [2.75, 3.05) is 19.7 Å². The SMILES string of the molecule is C=CC(=O)CN1C[C@@H](COC(c2ccccc2)(c2ccccc2)c2ccccc2)OC1=O. The first kappa shape index (κ1) is 21.5. The Morgan fingerprint density at radius 2 is 1.41 bits per heavy atom. The van der Waals surface area contributed by atoms with Gasteiger partial charge in [-0.1, -0.05) is 97.6 Å². The van der Waals surface area contributed by atoms with Crippen molar-refractivity contribution in [3.05, 3.63) is 120 Å². The Morgan fingerprint density at radius 3 is 1.84 bits per heavy atom. The average Bonchev–Trinajstić information content (AvgIpc) is 3.20. The molecule has 1 aliphatic rings. The Labute approximate surface area is 187 Å². The van der Waals surface area contributed by atoms with Crippen molar-refractivity contribution in [3.63, 3.8) is 0 Å². The second-order valence-electron chi connectivity index (χ2n) is 7.65. The quantitative estimate of drug-likeness (QED) is 0.371. The predicted octanol–water partition coefficient (Wildman–Crippen LogP) is 4.57. The monoisotopic (exact) mass is 427 g/mol. The lowest BCUT2D eigenvalue weighted by atomic mass is 9.80. The summed E-state index contributed by atoms with van der Waals surface area (Å²) in [6, 6.07) is 30.0.